The van der Waals surface area contributed by atoms with Crippen molar-refractivity contribution in [1.82, 2.24) is 5.32 Å². The van der Waals surface area contributed by atoms with Crippen LogP contribution in [0.25, 0.3) is 0 Å². The number of amidine groups is 1. The van der Waals surface area contributed by atoms with Gasteiger partial charge in [-0.1, -0.05) is 54.1 Å². The molecule has 1 aliphatic rings. The number of aliphatic imine (C=N–C) groups is 1. The maximum atomic E-state index is 11.0. The molecule has 0 unspecified atom stereocenters. The maximum absolute atomic E-state index is 11.0. The second-order valence-corrected chi connectivity index (χ2v) is 7.28. The van der Waals surface area contributed by atoms with E-state index in [2.05, 4.69) is 17.4 Å². The summed E-state index contributed by atoms with van der Waals surface area (Å²) in [5.41, 5.74) is 3.27. The van der Waals surface area contributed by atoms with E-state index in [-0.39, 0.29) is 20.5 Å². The van der Waals surface area contributed by atoms with Gasteiger partial charge in [0, 0.05) is 15.9 Å². The summed E-state index contributed by atoms with van der Waals surface area (Å²) >= 11 is 6.01. The van der Waals surface area contributed by atoms with Gasteiger partial charge in [-0.3, -0.25) is 9.56 Å². The fraction of sp³-hybridized carbons (Fsp3) is 0.0952. The molecule has 1 heterocycles. The molecule has 3 aromatic rings. The number of hydrogen-bond donors (Lipinski definition) is 1. The average molecular weight is 379 g/mol. The van der Waals surface area contributed by atoms with Crippen LogP contribution in [0, 0.1) is 0 Å². The Morgan fingerprint density at radius 2 is 1.54 bits per heavy atom. The average Bonchev–Trinajstić information content (AvgIpc) is 3.15. The summed E-state index contributed by atoms with van der Waals surface area (Å²) < 4.78 is 11.0. The lowest BCUT2D eigenvalue weighted by molar-refractivity contribution is 0.572. The molecule has 1 N–H and O–H groups in total. The quantitative estimate of drug-likeness (QED) is 0.642. The van der Waals surface area contributed by atoms with E-state index in [9.17, 15) is 4.57 Å². The second-order valence-electron chi connectivity index (χ2n) is 6.14. The molecule has 0 bridgehead atoms. The second kappa shape index (κ2) is 7.41. The highest BCUT2D eigenvalue weighted by atomic mass is 35.5. The van der Waals surface area contributed by atoms with E-state index in [0.717, 1.165) is 22.3 Å². The van der Waals surface area contributed by atoms with Gasteiger partial charge in [0.25, 0.3) is 0 Å². The van der Waals surface area contributed by atoms with Gasteiger partial charge in [0.2, 0.25) is 0 Å². The van der Waals surface area contributed by atoms with Gasteiger partial charge in [-0.25, -0.2) is 0 Å². The lowest BCUT2D eigenvalue weighted by atomic mass is 9.95. The van der Waals surface area contributed by atoms with Crippen LogP contribution in [0.2, 0.25) is 5.02 Å². The van der Waals surface area contributed by atoms with Crippen LogP contribution in [0.4, 0.5) is 0 Å². The molecule has 0 amide bonds. The van der Waals surface area contributed by atoms with Crippen molar-refractivity contribution < 1.29 is 4.57 Å². The van der Waals surface area contributed by atoms with E-state index in [1.54, 1.807) is 0 Å². The van der Waals surface area contributed by atoms with E-state index in [4.69, 9.17) is 16.6 Å². The van der Waals surface area contributed by atoms with Gasteiger partial charge in [-0.05, 0) is 47.5 Å². The van der Waals surface area contributed by atoms with Crippen molar-refractivity contribution in [3.8, 4) is 0 Å². The van der Waals surface area contributed by atoms with Crippen molar-refractivity contribution in [1.29, 1.82) is 0 Å². The third kappa shape index (κ3) is 3.41. The first-order chi connectivity index (χ1) is 12.7. The molecule has 0 aromatic heterocycles. The Morgan fingerprint density at radius 1 is 0.846 bits per heavy atom. The number of halogens is 1. The molecular formula is C21H16ClN2OP. The lowest BCUT2D eigenvalue weighted by Crippen LogP contribution is -2.25. The fourth-order valence-corrected chi connectivity index (χ4v) is 3.56. The molecule has 1 aliphatic heterocycles. The van der Waals surface area contributed by atoms with Crippen molar-refractivity contribution >= 4 is 31.2 Å². The SMILES string of the molecule is O=Pc1ccc([C@H]2N=C(c3ccc(Cl)cc3)N[C@H]2c2ccccc2)cc1. The summed E-state index contributed by atoms with van der Waals surface area (Å²) in [5, 5.41) is 5.03. The highest BCUT2D eigenvalue weighted by Gasteiger charge is 2.31. The molecule has 5 heteroatoms. The van der Waals surface area contributed by atoms with Crippen LogP contribution in [0.3, 0.4) is 0 Å². The van der Waals surface area contributed by atoms with Crippen LogP contribution in [0.5, 0.6) is 0 Å². The fourth-order valence-electron chi connectivity index (χ4n) is 3.17. The zero-order valence-electron chi connectivity index (χ0n) is 13.8. The molecule has 0 saturated heterocycles. The third-order valence-corrected chi connectivity index (χ3v) is 5.25. The van der Waals surface area contributed by atoms with Crippen LogP contribution in [-0.2, 0) is 4.57 Å². The molecule has 0 saturated carbocycles. The molecule has 26 heavy (non-hydrogen) atoms. The molecule has 0 spiro atoms. The Labute approximate surface area is 159 Å². The smallest absolute Gasteiger partial charge is 0.192 e. The number of hydrogen-bond acceptors (Lipinski definition) is 3. The van der Waals surface area contributed by atoms with Gasteiger partial charge in [0.1, 0.15) is 11.9 Å². The van der Waals surface area contributed by atoms with E-state index in [0.29, 0.717) is 5.02 Å². The van der Waals surface area contributed by atoms with Gasteiger partial charge < -0.3 is 5.32 Å². The number of benzene rings is 3. The van der Waals surface area contributed by atoms with Crippen LogP contribution < -0.4 is 10.6 Å². The Kier molecular flexibility index (Phi) is 4.83. The van der Waals surface area contributed by atoms with Gasteiger partial charge in [0.15, 0.2) is 8.46 Å². The number of rotatable bonds is 4. The molecule has 0 aliphatic carbocycles. The van der Waals surface area contributed by atoms with Crippen molar-refractivity contribution in [2.45, 2.75) is 12.1 Å². The van der Waals surface area contributed by atoms with Gasteiger partial charge >= 0.3 is 0 Å². The zero-order chi connectivity index (χ0) is 17.9. The van der Waals surface area contributed by atoms with Crippen molar-refractivity contribution in [3.63, 3.8) is 0 Å². The molecule has 2 atom stereocenters. The summed E-state index contributed by atoms with van der Waals surface area (Å²) in [4.78, 5) is 4.95. The molecule has 3 aromatic carbocycles. The van der Waals surface area contributed by atoms with Gasteiger partial charge in [-0.15, -0.1) is 0 Å². The summed E-state index contributed by atoms with van der Waals surface area (Å²) in [7, 11) is 0.0315. The Balaban J connectivity index is 1.73. The van der Waals surface area contributed by atoms with E-state index in [1.165, 1.54) is 5.56 Å². The Bertz CT molecular complexity index is 940. The summed E-state index contributed by atoms with van der Waals surface area (Å²) in [5.74, 6) is 0.853. The minimum atomic E-state index is -0.0551. The number of nitrogens with zero attached hydrogens (tertiary/aromatic N) is 1. The van der Waals surface area contributed by atoms with E-state index in [1.807, 2.05) is 66.7 Å². The molecule has 0 radical (unpaired) electrons. The van der Waals surface area contributed by atoms with Crippen LogP contribution >= 0.6 is 20.1 Å². The van der Waals surface area contributed by atoms with Crippen LogP contribution in [0.1, 0.15) is 28.8 Å². The standard InChI is InChI=1S/C21H16ClN2OP/c22-17-10-6-16(7-11-17)21-23-19(14-4-2-1-3-5-14)20(24-21)15-8-12-18(26-25)13-9-15/h1-13,19-20H,(H,23,24)/t19-,20+/m0/s1. The topological polar surface area (TPSA) is 41.5 Å². The molecule has 128 valence electrons. The van der Waals surface area contributed by atoms with E-state index >= 15 is 0 Å². The first kappa shape index (κ1) is 17.0. The minimum absolute atomic E-state index is 0.0315. The number of nitrogens with one attached hydrogen (secondary N) is 1. The molecular weight excluding hydrogens is 363 g/mol. The van der Waals surface area contributed by atoms with Gasteiger partial charge in [0.05, 0.1) is 6.04 Å². The van der Waals surface area contributed by atoms with E-state index < -0.39 is 0 Å². The first-order valence-electron chi connectivity index (χ1n) is 8.33. The largest absolute Gasteiger partial charge is 0.361 e. The Morgan fingerprint density at radius 3 is 2.19 bits per heavy atom. The molecule has 3 nitrogen and oxygen atoms in total. The monoisotopic (exact) mass is 378 g/mol. The zero-order valence-corrected chi connectivity index (χ0v) is 15.5. The van der Waals surface area contributed by atoms with Gasteiger partial charge in [-0.2, -0.15) is 0 Å². The predicted octanol–water partition coefficient (Wildman–Crippen LogP) is 5.09. The van der Waals surface area contributed by atoms with Crippen molar-refractivity contribution in [3.05, 3.63) is 101 Å². The highest BCUT2D eigenvalue weighted by molar-refractivity contribution is 7.34. The highest BCUT2D eigenvalue weighted by Crippen LogP contribution is 2.36. The van der Waals surface area contributed by atoms with Crippen molar-refractivity contribution in [2.24, 2.45) is 4.99 Å². The minimum Gasteiger partial charge on any atom is -0.361 e. The maximum Gasteiger partial charge on any atom is 0.192 e. The summed E-state index contributed by atoms with van der Waals surface area (Å²) in [6.07, 6.45) is 0. The lowest BCUT2D eigenvalue weighted by Gasteiger charge is -2.19. The van der Waals surface area contributed by atoms with Crippen molar-refractivity contribution in [2.75, 3.05) is 0 Å². The van der Waals surface area contributed by atoms with Crippen LogP contribution in [-0.4, -0.2) is 5.84 Å². The molecule has 4 rings (SSSR count). The molecule has 0 fully saturated rings. The summed E-state index contributed by atoms with van der Waals surface area (Å²) in [6.45, 7) is 0. The van der Waals surface area contributed by atoms with Crippen LogP contribution in [0.15, 0.2) is 83.9 Å². The summed E-state index contributed by atoms with van der Waals surface area (Å²) in [6, 6.07) is 25.7. The first-order valence-corrected chi connectivity index (χ1v) is 9.52. The predicted molar refractivity (Wildman–Crippen MR) is 107 cm³/mol. The normalized spacial score (nSPS) is 19.2. The Hall–Kier alpha value is -2.48. The third-order valence-electron chi connectivity index (χ3n) is 4.49.